The number of amides is 1. The van der Waals surface area contributed by atoms with Crippen molar-refractivity contribution in [2.75, 3.05) is 6.54 Å². The number of aromatic nitrogens is 2. The molecule has 24 heavy (non-hydrogen) atoms. The number of benzene rings is 1. The normalized spacial score (nSPS) is 20.0. The van der Waals surface area contributed by atoms with Gasteiger partial charge in [0, 0.05) is 18.9 Å². The van der Waals surface area contributed by atoms with Gasteiger partial charge in [-0.1, -0.05) is 18.2 Å². The van der Waals surface area contributed by atoms with E-state index in [1.54, 1.807) is 18.6 Å². The summed E-state index contributed by atoms with van der Waals surface area (Å²) in [5, 5.41) is 0. The molecule has 0 unspecified atom stereocenters. The Morgan fingerprint density at radius 1 is 1.12 bits per heavy atom. The maximum absolute atomic E-state index is 12.8. The second-order valence-corrected chi connectivity index (χ2v) is 6.86. The molecule has 1 aromatic heterocycles. The topological polar surface area (TPSA) is 46.1 Å². The SMILES string of the molecule is O=C(Cc1ccc2c(c1)CCCC2)N1CCC[C@H]1c1cnccn1. The van der Waals surface area contributed by atoms with Gasteiger partial charge in [-0.15, -0.1) is 0 Å². The summed E-state index contributed by atoms with van der Waals surface area (Å²) in [5.74, 6) is 0.207. The van der Waals surface area contributed by atoms with Crippen molar-refractivity contribution in [3.05, 3.63) is 59.2 Å². The Morgan fingerprint density at radius 2 is 2.00 bits per heavy atom. The van der Waals surface area contributed by atoms with Crippen molar-refractivity contribution in [3.8, 4) is 0 Å². The molecule has 1 aromatic carbocycles. The fourth-order valence-corrected chi connectivity index (χ4v) is 4.03. The molecule has 2 heterocycles. The molecule has 4 rings (SSSR count). The van der Waals surface area contributed by atoms with Crippen LogP contribution in [0.25, 0.3) is 0 Å². The van der Waals surface area contributed by atoms with Crippen LogP contribution in [0.4, 0.5) is 0 Å². The number of hydrogen-bond donors (Lipinski definition) is 0. The Balaban J connectivity index is 1.49. The molecular formula is C20H23N3O. The summed E-state index contributed by atoms with van der Waals surface area (Å²) in [6.45, 7) is 0.824. The molecule has 2 aliphatic rings. The highest BCUT2D eigenvalue weighted by molar-refractivity contribution is 5.79. The molecule has 2 aromatic rings. The molecule has 4 heteroatoms. The van der Waals surface area contributed by atoms with E-state index in [9.17, 15) is 4.79 Å². The zero-order valence-corrected chi connectivity index (χ0v) is 13.9. The molecule has 1 saturated heterocycles. The molecule has 0 saturated carbocycles. The summed E-state index contributed by atoms with van der Waals surface area (Å²) < 4.78 is 0. The Bertz CT molecular complexity index is 729. The second kappa shape index (κ2) is 6.71. The van der Waals surface area contributed by atoms with Crippen molar-refractivity contribution in [3.63, 3.8) is 0 Å². The van der Waals surface area contributed by atoms with Crippen LogP contribution in [0, 0.1) is 0 Å². The Kier molecular flexibility index (Phi) is 4.28. The smallest absolute Gasteiger partial charge is 0.227 e. The van der Waals surface area contributed by atoms with Gasteiger partial charge in [0.1, 0.15) is 0 Å². The first kappa shape index (κ1) is 15.3. The van der Waals surface area contributed by atoms with Crippen LogP contribution in [-0.4, -0.2) is 27.3 Å². The van der Waals surface area contributed by atoms with E-state index in [0.29, 0.717) is 6.42 Å². The maximum atomic E-state index is 12.8. The van der Waals surface area contributed by atoms with E-state index in [-0.39, 0.29) is 11.9 Å². The van der Waals surface area contributed by atoms with E-state index >= 15 is 0 Å². The lowest BCUT2D eigenvalue weighted by Crippen LogP contribution is -2.32. The predicted molar refractivity (Wildman–Crippen MR) is 92.5 cm³/mol. The Morgan fingerprint density at radius 3 is 2.83 bits per heavy atom. The van der Waals surface area contributed by atoms with Gasteiger partial charge >= 0.3 is 0 Å². The number of carbonyl (C=O) groups is 1. The molecule has 0 bridgehead atoms. The first-order valence-corrected chi connectivity index (χ1v) is 8.97. The van der Waals surface area contributed by atoms with Gasteiger partial charge in [0.25, 0.3) is 0 Å². The molecule has 4 nitrogen and oxygen atoms in total. The van der Waals surface area contributed by atoms with Gasteiger partial charge in [-0.3, -0.25) is 14.8 Å². The lowest BCUT2D eigenvalue weighted by atomic mass is 9.90. The van der Waals surface area contributed by atoms with Crippen LogP contribution in [0.1, 0.15) is 54.1 Å². The summed E-state index contributed by atoms with van der Waals surface area (Å²) in [4.78, 5) is 23.4. The summed E-state index contributed by atoms with van der Waals surface area (Å²) >= 11 is 0. The average Bonchev–Trinajstić information content (AvgIpc) is 3.12. The van der Waals surface area contributed by atoms with Crippen molar-refractivity contribution in [2.24, 2.45) is 0 Å². The van der Waals surface area contributed by atoms with Gasteiger partial charge in [-0.2, -0.15) is 0 Å². The van der Waals surface area contributed by atoms with E-state index in [1.165, 1.54) is 30.4 Å². The average molecular weight is 321 g/mol. The van der Waals surface area contributed by atoms with Crippen molar-refractivity contribution < 1.29 is 4.79 Å². The third-order valence-corrected chi connectivity index (χ3v) is 5.27. The van der Waals surface area contributed by atoms with E-state index in [0.717, 1.165) is 37.1 Å². The number of hydrogen-bond acceptors (Lipinski definition) is 3. The van der Waals surface area contributed by atoms with Gasteiger partial charge in [-0.25, -0.2) is 0 Å². The van der Waals surface area contributed by atoms with Crippen LogP contribution in [-0.2, 0) is 24.1 Å². The van der Waals surface area contributed by atoms with Crippen LogP contribution in [0.5, 0.6) is 0 Å². The minimum Gasteiger partial charge on any atom is -0.334 e. The maximum Gasteiger partial charge on any atom is 0.227 e. The quantitative estimate of drug-likeness (QED) is 0.871. The van der Waals surface area contributed by atoms with Crippen molar-refractivity contribution in [2.45, 2.75) is 51.0 Å². The first-order valence-electron chi connectivity index (χ1n) is 8.97. The fraction of sp³-hybridized carbons (Fsp3) is 0.450. The molecular weight excluding hydrogens is 298 g/mol. The van der Waals surface area contributed by atoms with E-state index < -0.39 is 0 Å². The molecule has 1 aliphatic carbocycles. The minimum atomic E-state index is 0.0869. The molecule has 1 fully saturated rings. The van der Waals surface area contributed by atoms with Gasteiger partial charge in [0.2, 0.25) is 5.91 Å². The lowest BCUT2D eigenvalue weighted by molar-refractivity contribution is -0.131. The standard InChI is InChI=1S/C20H23N3O/c24-20(13-15-7-8-16-4-1-2-5-17(16)12-15)23-11-3-6-19(23)18-14-21-9-10-22-18/h7-10,12,14,19H,1-6,11,13H2/t19-/m0/s1. The highest BCUT2D eigenvalue weighted by atomic mass is 16.2. The highest BCUT2D eigenvalue weighted by Crippen LogP contribution is 2.31. The van der Waals surface area contributed by atoms with Crippen molar-refractivity contribution in [1.29, 1.82) is 0 Å². The third-order valence-electron chi connectivity index (χ3n) is 5.27. The van der Waals surface area contributed by atoms with Crippen molar-refractivity contribution in [1.82, 2.24) is 14.9 Å². The Hall–Kier alpha value is -2.23. The largest absolute Gasteiger partial charge is 0.334 e. The zero-order valence-electron chi connectivity index (χ0n) is 13.9. The van der Waals surface area contributed by atoms with Crippen LogP contribution < -0.4 is 0 Å². The number of rotatable bonds is 3. The van der Waals surface area contributed by atoms with Gasteiger partial charge < -0.3 is 4.90 Å². The summed E-state index contributed by atoms with van der Waals surface area (Å²) in [6, 6.07) is 6.69. The number of nitrogens with zero attached hydrogens (tertiary/aromatic N) is 3. The number of likely N-dealkylation sites (tertiary alicyclic amines) is 1. The van der Waals surface area contributed by atoms with E-state index in [1.807, 2.05) is 4.90 Å². The molecule has 0 N–H and O–H groups in total. The first-order chi connectivity index (χ1) is 11.8. The van der Waals surface area contributed by atoms with Crippen LogP contribution in [0.3, 0.4) is 0 Å². The van der Waals surface area contributed by atoms with Crippen molar-refractivity contribution >= 4 is 5.91 Å². The minimum absolute atomic E-state index is 0.0869. The molecule has 124 valence electrons. The Labute approximate surface area is 142 Å². The second-order valence-electron chi connectivity index (χ2n) is 6.86. The zero-order chi connectivity index (χ0) is 16.4. The number of fused-ring (bicyclic) bond motifs is 1. The monoisotopic (exact) mass is 321 g/mol. The van der Waals surface area contributed by atoms with Gasteiger partial charge in [0.15, 0.2) is 0 Å². The van der Waals surface area contributed by atoms with Crippen LogP contribution in [0.2, 0.25) is 0 Å². The molecule has 1 aliphatic heterocycles. The summed E-state index contributed by atoms with van der Waals surface area (Å²) in [7, 11) is 0. The van der Waals surface area contributed by atoms with E-state index in [4.69, 9.17) is 0 Å². The molecule has 0 radical (unpaired) electrons. The van der Waals surface area contributed by atoms with Crippen LogP contribution >= 0.6 is 0 Å². The molecule has 0 spiro atoms. The van der Waals surface area contributed by atoms with Gasteiger partial charge in [-0.05, 0) is 55.2 Å². The van der Waals surface area contributed by atoms with E-state index in [2.05, 4.69) is 28.2 Å². The number of carbonyl (C=O) groups excluding carboxylic acids is 1. The molecule has 1 amide bonds. The summed E-state index contributed by atoms with van der Waals surface area (Å²) in [5.41, 5.74) is 4.97. The number of aryl methyl sites for hydroxylation is 2. The van der Waals surface area contributed by atoms with Gasteiger partial charge in [0.05, 0.1) is 24.4 Å². The predicted octanol–water partition coefficient (Wildman–Crippen LogP) is 3.26. The lowest BCUT2D eigenvalue weighted by Gasteiger charge is -2.24. The molecule has 1 atom stereocenters. The highest BCUT2D eigenvalue weighted by Gasteiger charge is 2.30. The fourth-order valence-electron chi connectivity index (χ4n) is 4.03. The third kappa shape index (κ3) is 3.05. The van der Waals surface area contributed by atoms with Crippen LogP contribution in [0.15, 0.2) is 36.8 Å². The summed E-state index contributed by atoms with van der Waals surface area (Å²) in [6.07, 6.45) is 12.6.